The third-order valence-electron chi connectivity index (χ3n) is 2.38. The molecule has 7 heteroatoms. The molecular formula is C10H10N2O3S2. The van der Waals surface area contributed by atoms with Crippen molar-refractivity contribution in [3.8, 4) is 16.5 Å². The molecule has 3 heterocycles. The van der Waals surface area contributed by atoms with Crippen molar-refractivity contribution in [3.63, 3.8) is 0 Å². The zero-order valence-corrected chi connectivity index (χ0v) is 10.5. The monoisotopic (exact) mass is 270 g/mol. The van der Waals surface area contributed by atoms with E-state index >= 15 is 0 Å². The molecule has 1 atom stereocenters. The van der Waals surface area contributed by atoms with Crippen molar-refractivity contribution in [1.82, 2.24) is 10.1 Å². The number of thiophene rings is 1. The van der Waals surface area contributed by atoms with E-state index in [0.717, 1.165) is 11.5 Å². The fraction of sp³-hybridized carbons (Fsp3) is 0.400. The molecule has 0 saturated carbocycles. The van der Waals surface area contributed by atoms with Crippen LogP contribution in [0.25, 0.3) is 10.8 Å². The molecule has 0 amide bonds. The molecule has 2 aromatic rings. The van der Waals surface area contributed by atoms with Gasteiger partial charge in [-0.15, -0.1) is 11.3 Å². The van der Waals surface area contributed by atoms with Gasteiger partial charge in [0.05, 0.1) is 6.61 Å². The van der Waals surface area contributed by atoms with Crippen molar-refractivity contribution in [2.45, 2.75) is 6.10 Å². The molecule has 0 radical (unpaired) electrons. The summed E-state index contributed by atoms with van der Waals surface area (Å²) in [7, 11) is 0. The second-order valence-corrected chi connectivity index (χ2v) is 5.59. The summed E-state index contributed by atoms with van der Waals surface area (Å²) in [4.78, 5) is 4.88. The average Bonchev–Trinajstić information content (AvgIpc) is 2.98. The predicted molar refractivity (Wildman–Crippen MR) is 65.3 cm³/mol. The Kier molecular flexibility index (Phi) is 3.04. The molecular weight excluding hydrogens is 260 g/mol. The summed E-state index contributed by atoms with van der Waals surface area (Å²) in [6.07, 6.45) is -0.103. The number of ether oxygens (including phenoxy) is 1. The Bertz CT molecular complexity index is 505. The van der Waals surface area contributed by atoms with Crippen LogP contribution in [0.15, 0.2) is 16.0 Å². The summed E-state index contributed by atoms with van der Waals surface area (Å²) in [5, 5.41) is 15.3. The Balaban J connectivity index is 1.85. The van der Waals surface area contributed by atoms with E-state index in [1.165, 1.54) is 11.3 Å². The maximum atomic E-state index is 9.57. The molecule has 17 heavy (non-hydrogen) atoms. The van der Waals surface area contributed by atoms with Crippen molar-refractivity contribution in [2.75, 3.05) is 18.1 Å². The first kappa shape index (κ1) is 11.1. The first-order valence-corrected chi connectivity index (χ1v) is 7.18. The number of aromatic hydroxyl groups is 1. The lowest BCUT2D eigenvalue weighted by Crippen LogP contribution is -2.16. The highest BCUT2D eigenvalue weighted by Crippen LogP contribution is 2.34. The van der Waals surface area contributed by atoms with Gasteiger partial charge in [-0.2, -0.15) is 16.7 Å². The Morgan fingerprint density at radius 3 is 3.12 bits per heavy atom. The summed E-state index contributed by atoms with van der Waals surface area (Å²) in [5.41, 5.74) is 0. The zero-order valence-electron chi connectivity index (χ0n) is 8.83. The second kappa shape index (κ2) is 4.67. The molecule has 0 spiro atoms. The maximum Gasteiger partial charge on any atom is 0.271 e. The molecule has 0 aromatic carbocycles. The lowest BCUT2D eigenvalue weighted by atomic mass is 10.3. The van der Waals surface area contributed by atoms with Crippen LogP contribution in [-0.4, -0.2) is 33.4 Å². The van der Waals surface area contributed by atoms with Crippen LogP contribution >= 0.6 is 23.1 Å². The fourth-order valence-electron chi connectivity index (χ4n) is 1.56. The van der Waals surface area contributed by atoms with Gasteiger partial charge < -0.3 is 14.4 Å². The standard InChI is InChI=1S/C10H10N2O3S2/c13-6-1-3-17-8(6)10-11-9(12-15-10)7-5-16-4-2-14-7/h1,3,7,13H,2,4-5H2. The van der Waals surface area contributed by atoms with Crippen LogP contribution < -0.4 is 0 Å². The topological polar surface area (TPSA) is 68.4 Å². The van der Waals surface area contributed by atoms with Gasteiger partial charge in [0.1, 0.15) is 16.7 Å². The quantitative estimate of drug-likeness (QED) is 0.903. The van der Waals surface area contributed by atoms with Gasteiger partial charge in [0, 0.05) is 11.5 Å². The van der Waals surface area contributed by atoms with Gasteiger partial charge in [-0.25, -0.2) is 0 Å². The van der Waals surface area contributed by atoms with E-state index in [9.17, 15) is 5.11 Å². The summed E-state index contributed by atoms with van der Waals surface area (Å²) >= 11 is 3.18. The van der Waals surface area contributed by atoms with E-state index in [1.54, 1.807) is 11.4 Å². The van der Waals surface area contributed by atoms with E-state index in [1.807, 2.05) is 11.8 Å². The molecule has 3 rings (SSSR count). The molecule has 1 aliphatic rings. The lowest BCUT2D eigenvalue weighted by molar-refractivity contribution is 0.0677. The van der Waals surface area contributed by atoms with Gasteiger partial charge in [0.25, 0.3) is 5.89 Å². The largest absolute Gasteiger partial charge is 0.506 e. The normalized spacial score (nSPS) is 20.6. The first-order valence-electron chi connectivity index (χ1n) is 5.14. The van der Waals surface area contributed by atoms with Crippen LogP contribution in [0.2, 0.25) is 0 Å². The molecule has 1 unspecified atom stereocenters. The highest BCUT2D eigenvalue weighted by Gasteiger charge is 2.23. The number of hydrogen-bond donors (Lipinski definition) is 1. The molecule has 1 aliphatic heterocycles. The van der Waals surface area contributed by atoms with Crippen molar-refractivity contribution < 1.29 is 14.4 Å². The third kappa shape index (κ3) is 2.18. The lowest BCUT2D eigenvalue weighted by Gasteiger charge is -2.18. The minimum atomic E-state index is -0.103. The van der Waals surface area contributed by atoms with E-state index in [-0.39, 0.29) is 11.9 Å². The second-order valence-electron chi connectivity index (χ2n) is 3.53. The average molecular weight is 270 g/mol. The number of aromatic nitrogens is 2. The van der Waals surface area contributed by atoms with E-state index in [4.69, 9.17) is 9.26 Å². The molecule has 5 nitrogen and oxygen atoms in total. The van der Waals surface area contributed by atoms with Gasteiger partial charge in [0.2, 0.25) is 5.82 Å². The first-order chi connectivity index (χ1) is 8.34. The van der Waals surface area contributed by atoms with Gasteiger partial charge in [0.15, 0.2) is 0 Å². The zero-order chi connectivity index (χ0) is 11.7. The summed E-state index contributed by atoms with van der Waals surface area (Å²) in [6, 6.07) is 1.61. The van der Waals surface area contributed by atoms with Crippen LogP contribution in [0.3, 0.4) is 0 Å². The van der Waals surface area contributed by atoms with E-state index in [2.05, 4.69) is 10.1 Å². The molecule has 1 fully saturated rings. The van der Waals surface area contributed by atoms with Crippen molar-refractivity contribution in [2.24, 2.45) is 0 Å². The van der Waals surface area contributed by atoms with Crippen LogP contribution in [-0.2, 0) is 4.74 Å². The highest BCUT2D eigenvalue weighted by molar-refractivity contribution is 7.99. The SMILES string of the molecule is Oc1ccsc1-c1nc(C2CSCCO2)no1. The molecule has 0 aliphatic carbocycles. The van der Waals surface area contributed by atoms with Crippen molar-refractivity contribution >= 4 is 23.1 Å². The van der Waals surface area contributed by atoms with Crippen molar-refractivity contribution in [1.29, 1.82) is 0 Å². The predicted octanol–water partition coefficient (Wildman–Crippen LogP) is 2.31. The maximum absolute atomic E-state index is 9.57. The van der Waals surface area contributed by atoms with E-state index < -0.39 is 0 Å². The van der Waals surface area contributed by atoms with Crippen LogP contribution in [0, 0.1) is 0 Å². The van der Waals surface area contributed by atoms with Crippen LogP contribution in [0.4, 0.5) is 0 Å². The van der Waals surface area contributed by atoms with E-state index in [0.29, 0.717) is 23.2 Å². The van der Waals surface area contributed by atoms with Crippen LogP contribution in [0.1, 0.15) is 11.9 Å². The Hall–Kier alpha value is -1.05. The minimum Gasteiger partial charge on any atom is -0.506 e. The number of rotatable bonds is 2. The van der Waals surface area contributed by atoms with Gasteiger partial charge >= 0.3 is 0 Å². The number of nitrogens with zero attached hydrogens (tertiary/aromatic N) is 2. The Morgan fingerprint density at radius 1 is 1.47 bits per heavy atom. The van der Waals surface area contributed by atoms with Gasteiger partial charge in [-0.1, -0.05) is 5.16 Å². The molecule has 0 bridgehead atoms. The number of hydrogen-bond acceptors (Lipinski definition) is 7. The Labute approximate surface area is 106 Å². The van der Waals surface area contributed by atoms with Crippen LogP contribution in [0.5, 0.6) is 5.75 Å². The summed E-state index contributed by atoms with van der Waals surface area (Å²) in [5.74, 6) is 2.93. The minimum absolute atomic E-state index is 0.103. The molecule has 90 valence electrons. The molecule has 2 aromatic heterocycles. The highest BCUT2D eigenvalue weighted by atomic mass is 32.2. The van der Waals surface area contributed by atoms with Gasteiger partial charge in [-0.05, 0) is 11.4 Å². The summed E-state index contributed by atoms with van der Waals surface area (Å²) in [6.45, 7) is 0.712. The van der Waals surface area contributed by atoms with Crippen molar-refractivity contribution in [3.05, 3.63) is 17.3 Å². The molecule has 1 N–H and O–H groups in total. The number of thioether (sulfide) groups is 1. The Morgan fingerprint density at radius 2 is 2.41 bits per heavy atom. The fourth-order valence-corrected chi connectivity index (χ4v) is 3.10. The third-order valence-corrected chi connectivity index (χ3v) is 4.27. The smallest absolute Gasteiger partial charge is 0.271 e. The molecule has 1 saturated heterocycles. The summed E-state index contributed by atoms with van der Waals surface area (Å²) < 4.78 is 10.7. The van der Waals surface area contributed by atoms with Gasteiger partial charge in [-0.3, -0.25) is 0 Å².